The fourth-order valence-electron chi connectivity index (χ4n) is 3.60. The molecule has 152 valence electrons. The van der Waals surface area contributed by atoms with Crippen LogP contribution < -0.4 is 14.0 Å². The first-order valence-corrected chi connectivity index (χ1v) is 11.9. The third-order valence-corrected chi connectivity index (χ3v) is 7.56. The zero-order chi connectivity index (χ0) is 20.3. The SMILES string of the molecule is [O-][Cl+3]([O-])([O-])OS1=C(c2ccccc2)C=C(N2CCCCC2)C=C1c1ccccc1. The van der Waals surface area contributed by atoms with Gasteiger partial charge in [-0.15, -0.1) is 0 Å². The number of rotatable bonds is 5. The maximum atomic E-state index is 11.6. The van der Waals surface area contributed by atoms with Crippen molar-refractivity contribution in [3.63, 3.8) is 0 Å². The van der Waals surface area contributed by atoms with Crippen LogP contribution in [0.3, 0.4) is 0 Å². The molecule has 1 unspecified atom stereocenters. The molecule has 0 aromatic heterocycles. The number of piperidine rings is 1. The van der Waals surface area contributed by atoms with Crippen LogP contribution in [0.1, 0.15) is 30.4 Å². The average molecular weight is 432 g/mol. The Morgan fingerprint density at radius 2 is 1.34 bits per heavy atom. The highest BCUT2D eigenvalue weighted by atomic mass is 35.7. The van der Waals surface area contributed by atoms with Gasteiger partial charge >= 0.3 is 0 Å². The molecule has 4 rings (SSSR count). The Bertz CT molecular complexity index is 946. The van der Waals surface area contributed by atoms with Crippen molar-refractivity contribution in [2.45, 2.75) is 19.3 Å². The van der Waals surface area contributed by atoms with Gasteiger partial charge in [0.2, 0.25) is 0 Å². The van der Waals surface area contributed by atoms with E-state index >= 15 is 0 Å². The van der Waals surface area contributed by atoms with E-state index in [0.717, 1.165) is 42.8 Å². The highest BCUT2D eigenvalue weighted by molar-refractivity contribution is 8.20. The summed E-state index contributed by atoms with van der Waals surface area (Å²) in [6, 6.07) is 19.0. The maximum absolute atomic E-state index is 11.6. The van der Waals surface area contributed by atoms with Crippen LogP contribution in [-0.4, -0.2) is 22.9 Å². The molecule has 0 amide bonds. The molecule has 7 heteroatoms. The first-order valence-electron chi connectivity index (χ1n) is 9.52. The third kappa shape index (κ3) is 4.98. The van der Waals surface area contributed by atoms with E-state index in [1.54, 1.807) is 0 Å². The molecule has 1 fully saturated rings. The highest BCUT2D eigenvalue weighted by Gasteiger charge is 2.32. The van der Waals surface area contributed by atoms with Crippen LogP contribution in [-0.2, 0) is 3.74 Å². The second-order valence-electron chi connectivity index (χ2n) is 6.93. The first kappa shape index (κ1) is 20.3. The van der Waals surface area contributed by atoms with Crippen molar-refractivity contribution in [3.05, 3.63) is 89.6 Å². The molecule has 2 aromatic carbocycles. The molecule has 0 saturated carbocycles. The Balaban J connectivity index is 1.90. The lowest BCUT2D eigenvalue weighted by atomic mass is 10.1. The molecule has 5 nitrogen and oxygen atoms in total. The lowest BCUT2D eigenvalue weighted by Gasteiger charge is -2.32. The first-order chi connectivity index (χ1) is 14.0. The van der Waals surface area contributed by atoms with E-state index in [2.05, 4.69) is 4.90 Å². The van der Waals surface area contributed by atoms with Gasteiger partial charge in [-0.1, -0.05) is 60.7 Å². The number of benzene rings is 2. The number of hydrogen-bond acceptors (Lipinski definition) is 5. The van der Waals surface area contributed by atoms with Crippen LogP contribution in [0.4, 0.5) is 0 Å². The van der Waals surface area contributed by atoms with Crippen LogP contribution in [0.15, 0.2) is 78.5 Å². The van der Waals surface area contributed by atoms with Gasteiger partial charge in [-0.05, 0) is 42.5 Å². The summed E-state index contributed by atoms with van der Waals surface area (Å²) < 4.78 is 39.8. The van der Waals surface area contributed by atoms with Gasteiger partial charge in [-0.25, -0.2) is 0 Å². The minimum atomic E-state index is -4.59. The summed E-state index contributed by atoms with van der Waals surface area (Å²) in [7, 11) is -5.94. The van der Waals surface area contributed by atoms with Crippen LogP contribution in [0.25, 0.3) is 4.91 Å². The molecular weight excluding hydrogens is 410 g/mol. The van der Waals surface area contributed by atoms with Gasteiger partial charge in [0.15, 0.2) is 0 Å². The summed E-state index contributed by atoms with van der Waals surface area (Å²) in [5.41, 5.74) is 2.70. The summed E-state index contributed by atoms with van der Waals surface area (Å²) in [6.45, 7) is 1.92. The number of nitrogens with zero attached hydrogens (tertiary/aromatic N) is 1. The number of hydrogen-bond donors (Lipinski definition) is 0. The number of allylic oxidation sites excluding steroid dienone is 2. The summed E-state index contributed by atoms with van der Waals surface area (Å²) >= 11 is 0. The normalized spacial score (nSPS) is 20.3. The lowest BCUT2D eigenvalue weighted by molar-refractivity contribution is -1.91. The minimum absolute atomic E-state index is 0.694. The minimum Gasteiger partial charge on any atom is -0.371 e. The van der Waals surface area contributed by atoms with Gasteiger partial charge in [-0.3, -0.25) is 0 Å². The molecule has 2 aliphatic rings. The molecule has 0 N–H and O–H groups in total. The maximum Gasteiger partial charge on any atom is 0.148 e. The Labute approximate surface area is 175 Å². The Morgan fingerprint density at radius 1 is 0.759 bits per heavy atom. The van der Waals surface area contributed by atoms with E-state index in [1.165, 1.54) is 6.42 Å². The molecule has 29 heavy (non-hydrogen) atoms. The van der Waals surface area contributed by atoms with E-state index in [-0.39, 0.29) is 0 Å². The lowest BCUT2D eigenvalue weighted by Crippen LogP contribution is -2.60. The van der Waals surface area contributed by atoms with Gasteiger partial charge in [0, 0.05) is 18.8 Å². The fourth-order valence-corrected chi connectivity index (χ4v) is 6.15. The van der Waals surface area contributed by atoms with Crippen LogP contribution in [0.2, 0.25) is 0 Å². The largest absolute Gasteiger partial charge is 0.371 e. The Morgan fingerprint density at radius 3 is 1.93 bits per heavy atom. The zero-order valence-electron chi connectivity index (χ0n) is 15.8. The van der Waals surface area contributed by atoms with Crippen molar-refractivity contribution in [2.75, 3.05) is 13.1 Å². The van der Waals surface area contributed by atoms with Crippen LogP contribution in [0.5, 0.6) is 0 Å². The van der Waals surface area contributed by atoms with E-state index < -0.39 is 21.0 Å². The third-order valence-electron chi connectivity index (χ3n) is 4.94. The summed E-state index contributed by atoms with van der Waals surface area (Å²) in [4.78, 5) is 3.71. The topological polar surface area (TPSA) is 81.6 Å². The molecule has 2 aliphatic heterocycles. The van der Waals surface area contributed by atoms with E-state index in [9.17, 15) is 14.0 Å². The molecule has 0 spiro atoms. The predicted molar refractivity (Wildman–Crippen MR) is 107 cm³/mol. The van der Waals surface area contributed by atoms with E-state index in [1.807, 2.05) is 72.8 Å². The molecule has 2 aromatic rings. The average Bonchev–Trinajstić information content (AvgIpc) is 2.74. The number of halogens is 1. The fraction of sp³-hybridized carbons (Fsp3) is 0.227. The van der Waals surface area contributed by atoms with Crippen LogP contribution >= 0.6 is 10.8 Å². The van der Waals surface area contributed by atoms with Crippen molar-refractivity contribution >= 4 is 20.5 Å². The van der Waals surface area contributed by atoms with Gasteiger partial charge in [0.25, 0.3) is 0 Å². The van der Waals surface area contributed by atoms with Crippen molar-refractivity contribution in [2.24, 2.45) is 0 Å². The molecule has 0 aliphatic carbocycles. The van der Waals surface area contributed by atoms with Gasteiger partial charge < -0.3 is 4.90 Å². The second kappa shape index (κ2) is 8.83. The van der Waals surface area contributed by atoms with E-state index in [0.29, 0.717) is 9.77 Å². The molecular formula is C22H22ClNO4S. The smallest absolute Gasteiger partial charge is 0.148 e. The van der Waals surface area contributed by atoms with Crippen molar-refractivity contribution in [1.82, 2.24) is 4.90 Å². The van der Waals surface area contributed by atoms with Crippen molar-refractivity contribution < 1.29 is 28.0 Å². The quantitative estimate of drug-likeness (QED) is 0.673. The molecule has 1 saturated heterocycles. The second-order valence-corrected chi connectivity index (χ2v) is 9.61. The summed E-state index contributed by atoms with van der Waals surface area (Å²) in [6.07, 6.45) is 7.41. The van der Waals surface area contributed by atoms with Crippen molar-refractivity contribution in [1.29, 1.82) is 0 Å². The van der Waals surface area contributed by atoms with Gasteiger partial charge in [0.1, 0.15) is 14.5 Å². The Kier molecular flexibility index (Phi) is 6.20. The van der Waals surface area contributed by atoms with E-state index in [4.69, 9.17) is 3.74 Å². The summed E-state index contributed by atoms with van der Waals surface area (Å²) in [5, 5.41) is 0. The predicted octanol–water partition coefficient (Wildman–Crippen LogP) is 1.73. The van der Waals surface area contributed by atoms with Crippen LogP contribution in [0, 0.1) is 10.2 Å². The summed E-state index contributed by atoms with van der Waals surface area (Å²) in [5.74, 6) is 0. The van der Waals surface area contributed by atoms with Gasteiger partial charge in [-0.2, -0.15) is 14.0 Å². The monoisotopic (exact) mass is 431 g/mol. The molecule has 1 atom stereocenters. The molecule has 0 bridgehead atoms. The standard InChI is InChI=1S/C22H22ClNO4S/c25-23(26,27)28-29-21(18-10-4-1-5-11-18)16-20(24-14-8-3-9-15-24)17-22(29)19-12-6-2-7-13-19/h1-2,4-7,10-13,16-17H,3,8-9,14-15H2. The molecule has 2 heterocycles. The van der Waals surface area contributed by atoms with Crippen molar-refractivity contribution in [3.8, 4) is 0 Å². The number of likely N-dealkylation sites (tertiary alicyclic amines) is 1. The molecule has 0 radical (unpaired) electrons. The highest BCUT2D eigenvalue weighted by Crippen LogP contribution is 2.44. The Hall–Kier alpha value is -1.93. The van der Waals surface area contributed by atoms with Gasteiger partial charge in [0.05, 0.1) is 20.0 Å². The zero-order valence-corrected chi connectivity index (χ0v) is 17.4.